The molecule has 8 heterocycles. The van der Waals surface area contributed by atoms with Crippen LogP contribution in [0.15, 0.2) is 83.3 Å². The number of halogens is 3. The zero-order valence-corrected chi connectivity index (χ0v) is 44.7. The molecule has 0 aliphatic carbocycles. The predicted octanol–water partition coefficient (Wildman–Crippen LogP) is 19.9. The van der Waals surface area contributed by atoms with Crippen LogP contribution >= 0.6 is 135 Å². The Kier molecular flexibility index (Phi) is 20.3. The third-order valence-electron chi connectivity index (χ3n) is 9.88. The van der Waals surface area contributed by atoms with Crippen molar-refractivity contribution in [2.45, 2.75) is 79.1 Å². The van der Waals surface area contributed by atoms with Crippen molar-refractivity contribution in [3.8, 4) is 39.0 Å². The normalized spacial score (nSPS) is 12.1. The summed E-state index contributed by atoms with van der Waals surface area (Å²) >= 11 is 24.5. The van der Waals surface area contributed by atoms with E-state index in [2.05, 4.69) is 156 Å². The molecular weight excluding hydrogens is 1060 g/mol. The van der Waals surface area contributed by atoms with Crippen LogP contribution in [0.2, 0.25) is 0 Å². The van der Waals surface area contributed by atoms with Crippen LogP contribution in [0.1, 0.15) is 99.8 Å². The number of fused-ring (bicyclic) bond motifs is 2. The molecule has 0 aromatic carbocycles. The first-order valence-electron chi connectivity index (χ1n) is 20.5. The van der Waals surface area contributed by atoms with Crippen LogP contribution in [0.3, 0.4) is 0 Å². The van der Waals surface area contributed by atoms with E-state index in [0.29, 0.717) is 11.6 Å². The standard InChI is InChI=1S/C22H20Br2OS4.C22H22OS4.CH3F.BHNS/c1-3-5-6-12(4-2)19(25)16-11-13-20(14-7-9-17(23)26-14)29-22(21(13)28-16)15-8-10-18(24)27-15;1-3-5-8-14(4-2)19(23)18-13-15-20(16-9-6-11-24-16)27-22(21(15)26-18)17-10-7-12-25-17;1-2;1-2-3/h7-12H,3-6H2,1-2H3;6-7,9-14H,3-5,8H2,1-2H3;1H3;3H/i;;1D;. The van der Waals surface area contributed by atoms with Crippen LogP contribution in [-0.2, 0) is 0 Å². The molecule has 0 N–H and O–H groups in total. The van der Waals surface area contributed by atoms with Gasteiger partial charge in [-0.25, -0.2) is 0 Å². The Morgan fingerprint density at radius 1 is 0.672 bits per heavy atom. The molecule has 0 aliphatic heterocycles. The number of unbranched alkanes of at least 4 members (excludes halogenated alkanes) is 2. The van der Waals surface area contributed by atoms with Crippen molar-refractivity contribution < 1.29 is 15.4 Å². The number of rotatable bonds is 16. The van der Waals surface area contributed by atoms with Gasteiger partial charge in [-0.1, -0.05) is 65.5 Å². The number of thiophene rings is 8. The van der Waals surface area contributed by atoms with Gasteiger partial charge in [0.25, 0.3) is 0 Å². The van der Waals surface area contributed by atoms with E-state index in [4.69, 9.17) is 1.37 Å². The second-order valence-corrected chi connectivity index (χ2v) is 24.9. The average Bonchev–Trinajstić information content (AvgIpc) is 4.11. The Balaban J connectivity index is 0.000000208. The van der Waals surface area contributed by atoms with E-state index >= 15 is 0 Å². The van der Waals surface area contributed by atoms with Crippen molar-refractivity contribution in [1.82, 2.24) is 0 Å². The van der Waals surface area contributed by atoms with Crippen molar-refractivity contribution in [2.24, 2.45) is 16.1 Å². The summed E-state index contributed by atoms with van der Waals surface area (Å²) in [6.07, 6.45) is 8.37. The van der Waals surface area contributed by atoms with E-state index in [9.17, 15) is 14.0 Å². The number of carbonyl (C=O) groups excluding carboxylic acids is 2. The number of ketones is 2. The van der Waals surface area contributed by atoms with E-state index in [0.717, 1.165) is 68.7 Å². The van der Waals surface area contributed by atoms with Gasteiger partial charge in [0.15, 0.2) is 11.6 Å². The molecule has 61 heavy (non-hydrogen) atoms. The maximum atomic E-state index is 13.3. The number of carbonyl (C=O) groups is 2. The molecule has 8 rings (SSSR count). The molecule has 0 aliphatic rings. The van der Waals surface area contributed by atoms with Crippen molar-refractivity contribution in [2.75, 3.05) is 7.15 Å². The van der Waals surface area contributed by atoms with Gasteiger partial charge in [-0.15, -0.1) is 90.7 Å². The third-order valence-corrected chi connectivity index (χ3v) is 20.6. The van der Waals surface area contributed by atoms with E-state index < -0.39 is 7.15 Å². The molecule has 2 atom stereocenters. The van der Waals surface area contributed by atoms with E-state index in [-0.39, 0.29) is 11.8 Å². The van der Waals surface area contributed by atoms with Crippen molar-refractivity contribution >= 4 is 175 Å². The first kappa shape index (κ1) is 49.0. The zero-order valence-electron chi connectivity index (χ0n) is 35.1. The van der Waals surface area contributed by atoms with Gasteiger partial charge in [-0.3, -0.25) is 14.0 Å². The summed E-state index contributed by atoms with van der Waals surface area (Å²) in [5.41, 5.74) is 0. The van der Waals surface area contributed by atoms with Gasteiger partial charge in [0, 0.05) is 42.1 Å². The monoisotopic (exact) mass is 1110 g/mol. The Morgan fingerprint density at radius 2 is 1.07 bits per heavy atom. The van der Waals surface area contributed by atoms with Crippen LogP contribution in [-0.4, -0.2) is 26.4 Å². The summed E-state index contributed by atoms with van der Waals surface area (Å²) in [5, 5.41) is 6.73. The van der Waals surface area contributed by atoms with E-state index in [1.165, 1.54) is 59.2 Å². The quantitative estimate of drug-likeness (QED) is 0.0595. The molecule has 0 spiro atoms. The Hall–Kier alpha value is -1.44. The number of nitrogens with zero attached hydrogens (tertiary/aromatic N) is 1. The SMILES string of the molecule is CCCCC(CC)C(=O)c1cc2c(-c3ccc(Br)s3)sc(-c3ccc(Br)s3)c2s1.CCCCC(CC)C(=O)c1cc2c(-c3cccs3)sc(-c3cccs3)c2s1.[2H]CF.[B]=NS. The molecular formula is C45H46BBr2FNO2S9. The van der Waals surface area contributed by atoms with Crippen molar-refractivity contribution in [3.05, 3.63) is 88.8 Å². The van der Waals surface area contributed by atoms with Gasteiger partial charge in [0.1, 0.15) is 0 Å². The second-order valence-electron chi connectivity index (χ2n) is 13.7. The van der Waals surface area contributed by atoms with Crippen LogP contribution < -0.4 is 0 Å². The van der Waals surface area contributed by atoms with E-state index in [1.807, 2.05) is 22.7 Å². The fourth-order valence-electron chi connectivity index (χ4n) is 6.83. The summed E-state index contributed by atoms with van der Waals surface area (Å²) in [6.45, 7) is 8.66. The average molecular weight is 1110 g/mol. The van der Waals surface area contributed by atoms with Gasteiger partial charge in [-0.2, -0.15) is 0 Å². The van der Waals surface area contributed by atoms with Crippen LogP contribution in [0.4, 0.5) is 4.39 Å². The minimum atomic E-state index is -1.00. The van der Waals surface area contributed by atoms with Crippen molar-refractivity contribution in [1.29, 1.82) is 0 Å². The second kappa shape index (κ2) is 25.3. The fourth-order valence-corrected chi connectivity index (χ4v) is 17.0. The Morgan fingerprint density at radius 3 is 1.43 bits per heavy atom. The Labute approximate surface area is 415 Å². The van der Waals surface area contributed by atoms with Gasteiger partial charge in [0.05, 0.1) is 54.8 Å². The first-order chi connectivity index (χ1) is 30.1. The molecule has 0 bridgehead atoms. The number of hydrogen-bond acceptors (Lipinski definition) is 12. The molecule has 321 valence electrons. The van der Waals surface area contributed by atoms with Crippen LogP contribution in [0.25, 0.3) is 59.2 Å². The molecule has 0 fully saturated rings. The molecule has 0 saturated heterocycles. The van der Waals surface area contributed by atoms with Crippen LogP contribution in [0, 0.1) is 11.8 Å². The Bertz CT molecular complexity index is 2480. The summed E-state index contributed by atoms with van der Waals surface area (Å²) < 4.78 is 23.0. The topological polar surface area (TPSA) is 46.5 Å². The number of alkyl halides is 1. The van der Waals surface area contributed by atoms with Crippen LogP contribution in [0.5, 0.6) is 0 Å². The molecule has 8 aromatic rings. The van der Waals surface area contributed by atoms with Gasteiger partial charge >= 0.3 is 24.8 Å². The number of thiol groups is 1. The summed E-state index contributed by atoms with van der Waals surface area (Å²) in [5.74, 6) is 0.960. The molecule has 0 amide bonds. The predicted molar refractivity (Wildman–Crippen MR) is 288 cm³/mol. The van der Waals surface area contributed by atoms with Gasteiger partial charge in [0.2, 0.25) is 0 Å². The van der Waals surface area contributed by atoms with Crippen molar-refractivity contribution in [3.63, 3.8) is 0 Å². The molecule has 8 aromatic heterocycles. The maximum absolute atomic E-state index is 13.3. The fraction of sp³-hybridized carbons (Fsp3) is 0.333. The minimum absolute atomic E-state index is 0.139. The molecule has 3 nitrogen and oxygen atoms in total. The third kappa shape index (κ3) is 12.5. The van der Waals surface area contributed by atoms with Gasteiger partial charge < -0.3 is 0 Å². The first-order valence-corrected chi connectivity index (χ1v) is 28.4. The molecule has 2 unspecified atom stereocenters. The number of hydrogen-bond donors (Lipinski definition) is 1. The summed E-state index contributed by atoms with van der Waals surface area (Å²) in [6, 6.07) is 21.4. The zero-order chi connectivity index (χ0) is 44.8. The van der Waals surface area contributed by atoms with Gasteiger partial charge in [-0.05, 0) is 117 Å². The molecule has 16 heteroatoms. The molecule has 1 radical (unpaired) electrons. The van der Waals surface area contributed by atoms with E-state index in [1.54, 1.807) is 68.0 Å². The summed E-state index contributed by atoms with van der Waals surface area (Å²) in [4.78, 5) is 38.5. The number of Topliss-reactive ketones (excluding diaryl/α,β-unsaturated/α-hetero) is 2. The molecule has 0 saturated carbocycles. The summed E-state index contributed by atoms with van der Waals surface area (Å²) in [7, 11) is 3.34.